The molecule has 0 bridgehead atoms. The van der Waals surface area contributed by atoms with Gasteiger partial charge in [0, 0.05) is 55.4 Å². The zero-order valence-electron chi connectivity index (χ0n) is 22.1. The van der Waals surface area contributed by atoms with Crippen LogP contribution in [-0.2, 0) is 21.1 Å². The number of fused-ring (bicyclic) bond motifs is 5. The van der Waals surface area contributed by atoms with Crippen molar-refractivity contribution in [1.82, 2.24) is 14.5 Å². The van der Waals surface area contributed by atoms with Crippen LogP contribution < -0.4 is 4.74 Å². The summed E-state index contributed by atoms with van der Waals surface area (Å²) in [6.07, 6.45) is 1.84. The number of pyridine rings is 2. The Balaban J connectivity index is 0.00000288. The van der Waals surface area contributed by atoms with Gasteiger partial charge in [-0.2, -0.15) is 6.07 Å². The minimum Gasteiger partial charge on any atom is -0.505 e. The Morgan fingerprint density at radius 3 is 2.33 bits per heavy atom. The van der Waals surface area contributed by atoms with Crippen molar-refractivity contribution in [3.8, 4) is 34.3 Å². The summed E-state index contributed by atoms with van der Waals surface area (Å²) in [4.78, 5) is 9.41. The molecule has 0 aliphatic heterocycles. The molecule has 42 heavy (non-hydrogen) atoms. The van der Waals surface area contributed by atoms with Crippen LogP contribution in [0.2, 0.25) is 0 Å². The molecule has 0 aliphatic carbocycles. The van der Waals surface area contributed by atoms with Crippen molar-refractivity contribution in [1.29, 1.82) is 0 Å². The van der Waals surface area contributed by atoms with Crippen LogP contribution in [0.1, 0.15) is 0 Å². The monoisotopic (exact) mass is 723 g/mol. The maximum atomic E-state index is 11.0. The summed E-state index contributed by atoms with van der Waals surface area (Å²) in [6, 6.07) is 43.6. The van der Waals surface area contributed by atoms with Crippen LogP contribution in [-0.4, -0.2) is 19.6 Å². The zero-order valence-corrected chi connectivity index (χ0v) is 24.4. The molecule has 5 aromatic carbocycles. The fraction of sp³-hybridized carbons (Fsp3) is 0. The Morgan fingerprint density at radius 2 is 1.45 bits per heavy atom. The summed E-state index contributed by atoms with van der Waals surface area (Å²) in [5.41, 5.74) is 4.61. The average molecular weight is 724 g/mol. The van der Waals surface area contributed by atoms with Crippen LogP contribution in [0.3, 0.4) is 0 Å². The third kappa shape index (κ3) is 4.30. The molecule has 0 aliphatic rings. The van der Waals surface area contributed by atoms with Gasteiger partial charge in [0.2, 0.25) is 5.88 Å². The molecule has 0 saturated heterocycles. The summed E-state index contributed by atoms with van der Waals surface area (Å²) < 4.78 is 8.35. The molecule has 1 N–H and O–H groups in total. The van der Waals surface area contributed by atoms with Crippen molar-refractivity contribution < 1.29 is 30.9 Å². The van der Waals surface area contributed by atoms with Gasteiger partial charge in [0.05, 0.1) is 0 Å². The molecule has 8 aromatic rings. The first kappa shape index (κ1) is 25.9. The van der Waals surface area contributed by atoms with Gasteiger partial charge in [-0.15, -0.1) is 17.5 Å². The predicted molar refractivity (Wildman–Crippen MR) is 164 cm³/mol. The van der Waals surface area contributed by atoms with E-state index in [1.165, 1.54) is 0 Å². The van der Waals surface area contributed by atoms with Crippen LogP contribution in [0, 0.1) is 6.07 Å². The van der Waals surface area contributed by atoms with E-state index in [1.54, 1.807) is 0 Å². The van der Waals surface area contributed by atoms with E-state index in [1.807, 2.05) is 97.2 Å². The topological polar surface area (TPSA) is 60.2 Å². The fourth-order valence-electron chi connectivity index (χ4n) is 5.58. The molecule has 5 nitrogen and oxygen atoms in total. The van der Waals surface area contributed by atoms with Crippen LogP contribution in [0.15, 0.2) is 128 Å². The smallest absolute Gasteiger partial charge is 0.217 e. The van der Waals surface area contributed by atoms with Gasteiger partial charge in [-0.05, 0) is 52.2 Å². The van der Waals surface area contributed by atoms with Crippen molar-refractivity contribution in [2.24, 2.45) is 0 Å². The van der Waals surface area contributed by atoms with E-state index in [0.29, 0.717) is 17.1 Å². The molecule has 204 valence electrons. The van der Waals surface area contributed by atoms with Crippen LogP contribution >= 0.6 is 0 Å². The quantitative estimate of drug-likeness (QED) is 0.146. The number of phenolic OH excluding ortho intramolecular Hbond substituents is 1. The van der Waals surface area contributed by atoms with Gasteiger partial charge in [-0.1, -0.05) is 78.3 Å². The first-order valence-electron chi connectivity index (χ1n) is 13.4. The van der Waals surface area contributed by atoms with Crippen LogP contribution in [0.5, 0.6) is 17.4 Å². The fourth-order valence-corrected chi connectivity index (χ4v) is 5.58. The number of benzene rings is 5. The maximum absolute atomic E-state index is 11.0. The summed E-state index contributed by atoms with van der Waals surface area (Å²) in [6.45, 7) is 0. The van der Waals surface area contributed by atoms with Gasteiger partial charge in [0.25, 0.3) is 0 Å². The Hall–Kier alpha value is -4.99. The summed E-state index contributed by atoms with van der Waals surface area (Å²) in [7, 11) is 0. The molecular weight excluding hydrogens is 701 g/mol. The van der Waals surface area contributed by atoms with E-state index in [0.717, 1.165) is 54.9 Å². The van der Waals surface area contributed by atoms with Gasteiger partial charge in [-0.3, -0.25) is 0 Å². The number of aromatic hydroxyl groups is 1. The molecule has 6 heteroatoms. The summed E-state index contributed by atoms with van der Waals surface area (Å²) in [5.74, 6) is 1.84. The molecule has 0 atom stereocenters. The number of ether oxygens (including phenoxy) is 1. The molecule has 3 aromatic heterocycles. The Morgan fingerprint density at radius 1 is 0.667 bits per heavy atom. The SMILES string of the molecule is Oc1c2ccccc2cc2ccc(Oc3[c-]c4c(cc3)c3ccccc3n4-c3cc(-c4ccccc4)ccn3)nc12.[Pt]. The molecule has 0 saturated carbocycles. The second-order valence-corrected chi connectivity index (χ2v) is 9.98. The van der Waals surface area contributed by atoms with Crippen molar-refractivity contribution >= 4 is 43.5 Å². The summed E-state index contributed by atoms with van der Waals surface area (Å²) >= 11 is 0. The number of para-hydroxylation sites is 1. The number of rotatable bonds is 4. The number of nitrogens with zero attached hydrogens (tertiary/aromatic N) is 3. The predicted octanol–water partition coefficient (Wildman–Crippen LogP) is 8.84. The van der Waals surface area contributed by atoms with Crippen LogP contribution in [0.25, 0.3) is 60.4 Å². The number of phenols is 1. The van der Waals surface area contributed by atoms with Gasteiger partial charge >= 0.3 is 0 Å². The van der Waals surface area contributed by atoms with E-state index in [-0.39, 0.29) is 26.8 Å². The van der Waals surface area contributed by atoms with E-state index < -0.39 is 0 Å². The zero-order chi connectivity index (χ0) is 27.3. The molecule has 0 radical (unpaired) electrons. The van der Waals surface area contributed by atoms with Crippen LogP contribution in [0.4, 0.5) is 0 Å². The Labute approximate surface area is 255 Å². The number of hydrogen-bond donors (Lipinski definition) is 1. The maximum Gasteiger partial charge on any atom is 0.217 e. The van der Waals surface area contributed by atoms with Crippen molar-refractivity contribution in [2.75, 3.05) is 0 Å². The van der Waals surface area contributed by atoms with E-state index in [2.05, 4.69) is 45.9 Å². The number of aromatic nitrogens is 3. The third-order valence-electron chi connectivity index (χ3n) is 7.51. The van der Waals surface area contributed by atoms with Crippen molar-refractivity contribution in [3.05, 3.63) is 134 Å². The molecular formula is C36H22N3O2Pt-. The Bertz CT molecular complexity index is 2260. The second kappa shape index (κ2) is 10.4. The Kier molecular flexibility index (Phi) is 6.45. The second-order valence-electron chi connectivity index (χ2n) is 9.98. The van der Waals surface area contributed by atoms with Gasteiger partial charge in [-0.25, -0.2) is 9.97 Å². The average Bonchev–Trinajstić information content (AvgIpc) is 3.36. The third-order valence-corrected chi connectivity index (χ3v) is 7.51. The van der Waals surface area contributed by atoms with E-state index in [9.17, 15) is 5.11 Å². The van der Waals surface area contributed by atoms with Gasteiger partial charge in [0.1, 0.15) is 17.1 Å². The molecule has 0 spiro atoms. The largest absolute Gasteiger partial charge is 0.505 e. The molecule has 8 rings (SSSR count). The molecule has 0 amide bonds. The first-order chi connectivity index (χ1) is 20.2. The minimum absolute atomic E-state index is 0. The van der Waals surface area contributed by atoms with Gasteiger partial charge < -0.3 is 14.4 Å². The summed E-state index contributed by atoms with van der Waals surface area (Å²) in [5, 5.41) is 15.7. The first-order valence-corrected chi connectivity index (χ1v) is 13.4. The normalized spacial score (nSPS) is 11.2. The molecule has 0 unspecified atom stereocenters. The van der Waals surface area contributed by atoms with Crippen molar-refractivity contribution in [3.63, 3.8) is 0 Å². The minimum atomic E-state index is 0. The van der Waals surface area contributed by atoms with Gasteiger partial charge in [0.15, 0.2) is 0 Å². The standard InChI is InChI=1S/C36H22N3O2.Pt/c40-36-28-11-5-4-10-25(28)20-26-14-17-34(38-35(26)36)41-27-15-16-30-29-12-6-7-13-31(29)39(32(30)22-27)33-21-24(18-19-37-33)23-8-2-1-3-9-23;/h1-21,40H;/q-1;. The molecule has 0 fully saturated rings. The number of hydrogen-bond acceptors (Lipinski definition) is 4. The van der Waals surface area contributed by atoms with E-state index >= 15 is 0 Å². The van der Waals surface area contributed by atoms with Crippen molar-refractivity contribution in [2.45, 2.75) is 0 Å². The molecule has 3 heterocycles. The van der Waals surface area contributed by atoms with E-state index in [4.69, 9.17) is 9.72 Å².